The van der Waals surface area contributed by atoms with Gasteiger partial charge in [-0.05, 0) is 30.9 Å². The lowest BCUT2D eigenvalue weighted by atomic mass is 10.00. The predicted octanol–water partition coefficient (Wildman–Crippen LogP) is 0.604. The molecule has 0 spiro atoms. The quantitative estimate of drug-likeness (QED) is 0.723. The van der Waals surface area contributed by atoms with E-state index in [0.29, 0.717) is 25.9 Å². The topological polar surface area (TPSA) is 78.9 Å². The highest BCUT2D eigenvalue weighted by Gasteiger charge is 2.27. The lowest BCUT2D eigenvalue weighted by Gasteiger charge is -2.30. The van der Waals surface area contributed by atoms with Crippen molar-refractivity contribution in [2.45, 2.75) is 12.8 Å². The van der Waals surface area contributed by atoms with Gasteiger partial charge in [0, 0.05) is 26.2 Å². The summed E-state index contributed by atoms with van der Waals surface area (Å²) in [6.07, 6.45) is 1.41. The second-order valence-electron chi connectivity index (χ2n) is 5.09. The molecule has 0 radical (unpaired) electrons. The van der Waals surface area contributed by atoms with Gasteiger partial charge in [0.25, 0.3) is 10.2 Å². The Morgan fingerprint density at radius 2 is 1.90 bits per heavy atom. The molecule has 0 aliphatic carbocycles. The van der Waals surface area contributed by atoms with E-state index in [-0.39, 0.29) is 25.7 Å². The van der Waals surface area contributed by atoms with Crippen LogP contribution in [0.1, 0.15) is 12.8 Å². The lowest BCUT2D eigenvalue weighted by molar-refractivity contribution is 0.169. The fraction of sp³-hybridized carbons (Fsp3) is 0.571. The van der Waals surface area contributed by atoms with Gasteiger partial charge in [-0.3, -0.25) is 0 Å². The van der Waals surface area contributed by atoms with Crippen LogP contribution in [0.15, 0.2) is 30.3 Å². The van der Waals surface area contributed by atoms with Crippen molar-refractivity contribution in [1.82, 2.24) is 9.03 Å². The third-order valence-corrected chi connectivity index (χ3v) is 5.18. The van der Waals surface area contributed by atoms with E-state index in [4.69, 9.17) is 9.84 Å². The van der Waals surface area contributed by atoms with Crippen LogP contribution in [0.2, 0.25) is 0 Å². The van der Waals surface area contributed by atoms with Crippen molar-refractivity contribution in [3.8, 4) is 5.75 Å². The van der Waals surface area contributed by atoms with Crippen LogP contribution in [-0.4, -0.2) is 50.7 Å². The van der Waals surface area contributed by atoms with Crippen LogP contribution >= 0.6 is 0 Å². The van der Waals surface area contributed by atoms with Gasteiger partial charge in [-0.2, -0.15) is 17.4 Å². The van der Waals surface area contributed by atoms with Gasteiger partial charge < -0.3 is 9.84 Å². The van der Waals surface area contributed by atoms with Crippen LogP contribution < -0.4 is 9.46 Å². The van der Waals surface area contributed by atoms with Crippen molar-refractivity contribution in [2.75, 3.05) is 32.8 Å². The van der Waals surface area contributed by atoms with Crippen LogP contribution in [0.4, 0.5) is 0 Å². The molecule has 6 nitrogen and oxygen atoms in total. The van der Waals surface area contributed by atoms with Crippen molar-refractivity contribution < 1.29 is 18.3 Å². The monoisotopic (exact) mass is 314 g/mol. The van der Waals surface area contributed by atoms with E-state index in [1.807, 2.05) is 30.3 Å². The molecule has 2 N–H and O–H groups in total. The van der Waals surface area contributed by atoms with E-state index in [1.54, 1.807) is 0 Å². The minimum absolute atomic E-state index is 0.131. The third-order valence-electron chi connectivity index (χ3n) is 3.57. The highest BCUT2D eigenvalue weighted by atomic mass is 32.2. The van der Waals surface area contributed by atoms with Crippen molar-refractivity contribution >= 4 is 10.2 Å². The number of nitrogens with zero attached hydrogens (tertiary/aromatic N) is 1. The molecule has 0 unspecified atom stereocenters. The lowest BCUT2D eigenvalue weighted by Crippen LogP contribution is -2.46. The van der Waals surface area contributed by atoms with Gasteiger partial charge in [0.05, 0.1) is 0 Å². The second kappa shape index (κ2) is 7.74. The molecule has 1 aromatic carbocycles. The van der Waals surface area contributed by atoms with E-state index >= 15 is 0 Å². The summed E-state index contributed by atoms with van der Waals surface area (Å²) in [5.41, 5.74) is 0. The average molecular weight is 314 g/mol. The first-order valence-corrected chi connectivity index (χ1v) is 8.59. The summed E-state index contributed by atoms with van der Waals surface area (Å²) in [5, 5.41) is 9.06. The molecule has 0 saturated carbocycles. The highest BCUT2D eigenvalue weighted by Crippen LogP contribution is 2.18. The standard InChI is InChI=1S/C14H22N2O4S/c17-12-13-6-9-16(10-7-13)21(18,19)15-8-11-20-14-4-2-1-3-5-14/h1-5,13,15,17H,6-12H2. The Morgan fingerprint density at radius 1 is 1.24 bits per heavy atom. The molecule has 0 aromatic heterocycles. The number of hydrogen-bond donors (Lipinski definition) is 2. The highest BCUT2D eigenvalue weighted by molar-refractivity contribution is 7.87. The third kappa shape index (κ3) is 4.96. The first kappa shape index (κ1) is 16.2. The molecular formula is C14H22N2O4S. The Morgan fingerprint density at radius 3 is 2.52 bits per heavy atom. The molecule has 1 heterocycles. The van der Waals surface area contributed by atoms with Crippen LogP contribution in [0.3, 0.4) is 0 Å². The zero-order valence-electron chi connectivity index (χ0n) is 11.9. The fourth-order valence-electron chi connectivity index (χ4n) is 2.28. The van der Waals surface area contributed by atoms with Gasteiger partial charge in [0.1, 0.15) is 12.4 Å². The van der Waals surface area contributed by atoms with Gasteiger partial charge in [-0.25, -0.2) is 0 Å². The maximum atomic E-state index is 12.1. The first-order valence-electron chi connectivity index (χ1n) is 7.15. The number of nitrogens with one attached hydrogen (secondary N) is 1. The molecule has 1 aliphatic heterocycles. The normalized spacial score (nSPS) is 17.8. The minimum Gasteiger partial charge on any atom is -0.492 e. The summed E-state index contributed by atoms with van der Waals surface area (Å²) >= 11 is 0. The van der Waals surface area contributed by atoms with E-state index in [2.05, 4.69) is 4.72 Å². The molecule has 1 aromatic rings. The summed E-state index contributed by atoms with van der Waals surface area (Å²) in [4.78, 5) is 0. The zero-order chi connectivity index (χ0) is 15.1. The van der Waals surface area contributed by atoms with Gasteiger partial charge in [0.15, 0.2) is 0 Å². The van der Waals surface area contributed by atoms with Crippen molar-refractivity contribution in [3.63, 3.8) is 0 Å². The van der Waals surface area contributed by atoms with Gasteiger partial charge >= 0.3 is 0 Å². The molecule has 118 valence electrons. The number of benzene rings is 1. The molecule has 1 saturated heterocycles. The van der Waals surface area contributed by atoms with Gasteiger partial charge in [-0.15, -0.1) is 0 Å². The van der Waals surface area contributed by atoms with E-state index in [0.717, 1.165) is 5.75 Å². The maximum absolute atomic E-state index is 12.1. The SMILES string of the molecule is O=S(=O)(NCCOc1ccccc1)N1CCC(CO)CC1. The minimum atomic E-state index is -3.45. The smallest absolute Gasteiger partial charge is 0.279 e. The maximum Gasteiger partial charge on any atom is 0.279 e. The molecule has 0 amide bonds. The van der Waals surface area contributed by atoms with E-state index in [9.17, 15) is 8.42 Å². The van der Waals surface area contributed by atoms with E-state index < -0.39 is 10.2 Å². The predicted molar refractivity (Wildman–Crippen MR) is 80.2 cm³/mol. The molecule has 21 heavy (non-hydrogen) atoms. The Labute approximate surface area is 125 Å². The molecule has 0 atom stereocenters. The number of aliphatic hydroxyl groups is 1. The molecular weight excluding hydrogens is 292 g/mol. The van der Waals surface area contributed by atoms with Crippen molar-refractivity contribution in [2.24, 2.45) is 5.92 Å². The number of hydrogen-bond acceptors (Lipinski definition) is 4. The summed E-state index contributed by atoms with van der Waals surface area (Å²) in [6, 6.07) is 9.28. The number of aliphatic hydroxyl groups excluding tert-OH is 1. The zero-order valence-corrected chi connectivity index (χ0v) is 12.8. The second-order valence-corrected chi connectivity index (χ2v) is 6.84. The Hall–Kier alpha value is -1.15. The number of para-hydroxylation sites is 1. The average Bonchev–Trinajstić information content (AvgIpc) is 2.53. The number of rotatable bonds is 7. The van der Waals surface area contributed by atoms with Crippen LogP contribution in [0, 0.1) is 5.92 Å². The number of ether oxygens (including phenoxy) is 1. The Balaban J connectivity index is 1.72. The Bertz CT molecular complexity index is 513. The molecule has 1 aliphatic rings. The first-order chi connectivity index (χ1) is 10.1. The van der Waals surface area contributed by atoms with Crippen molar-refractivity contribution in [1.29, 1.82) is 0 Å². The Kier molecular flexibility index (Phi) is 5.98. The number of piperidine rings is 1. The van der Waals surface area contributed by atoms with Crippen molar-refractivity contribution in [3.05, 3.63) is 30.3 Å². The van der Waals surface area contributed by atoms with Gasteiger partial charge in [0.2, 0.25) is 0 Å². The summed E-state index contributed by atoms with van der Waals surface area (Å²) in [6.45, 7) is 1.57. The fourth-order valence-corrected chi connectivity index (χ4v) is 3.50. The van der Waals surface area contributed by atoms with Crippen LogP contribution in [0.5, 0.6) is 5.75 Å². The summed E-state index contributed by atoms with van der Waals surface area (Å²) in [5.74, 6) is 0.943. The van der Waals surface area contributed by atoms with Crippen LogP contribution in [-0.2, 0) is 10.2 Å². The van der Waals surface area contributed by atoms with E-state index in [1.165, 1.54) is 4.31 Å². The summed E-state index contributed by atoms with van der Waals surface area (Å²) in [7, 11) is -3.45. The van der Waals surface area contributed by atoms with Crippen LogP contribution in [0.25, 0.3) is 0 Å². The molecule has 0 bridgehead atoms. The molecule has 1 fully saturated rings. The molecule has 2 rings (SSSR count). The summed E-state index contributed by atoms with van der Waals surface area (Å²) < 4.78 is 33.6. The van der Waals surface area contributed by atoms with Gasteiger partial charge in [-0.1, -0.05) is 18.2 Å². The largest absolute Gasteiger partial charge is 0.492 e. The molecule has 7 heteroatoms.